The molecule has 2 aliphatic rings. The van der Waals surface area contributed by atoms with E-state index in [1.165, 1.54) is 6.92 Å². The Balaban J connectivity index is 1.48. The second kappa shape index (κ2) is 7.95. The van der Waals surface area contributed by atoms with E-state index >= 15 is 0 Å². The molecule has 7 nitrogen and oxygen atoms in total. The molecule has 2 aromatic rings. The lowest BCUT2D eigenvalue weighted by Gasteiger charge is -2.13. The van der Waals surface area contributed by atoms with Gasteiger partial charge in [-0.05, 0) is 48.2 Å². The fourth-order valence-electron chi connectivity index (χ4n) is 3.26. The monoisotopic (exact) mass is 393 g/mol. The van der Waals surface area contributed by atoms with E-state index in [2.05, 4.69) is 10.6 Å². The number of anilines is 2. The van der Waals surface area contributed by atoms with Gasteiger partial charge in [-0.15, -0.1) is 0 Å². The molecule has 2 N–H and O–H groups in total. The third kappa shape index (κ3) is 4.56. The Kier molecular flexibility index (Phi) is 5.20. The van der Waals surface area contributed by atoms with Crippen LogP contribution in [0.1, 0.15) is 19.8 Å². The lowest BCUT2D eigenvalue weighted by Crippen LogP contribution is -2.33. The van der Waals surface area contributed by atoms with E-state index < -0.39 is 6.09 Å². The molecule has 0 bridgehead atoms. The number of carbonyl (C=O) groups is 2. The van der Waals surface area contributed by atoms with Gasteiger partial charge >= 0.3 is 6.09 Å². The Labute approximate surface area is 168 Å². The van der Waals surface area contributed by atoms with Crippen molar-refractivity contribution in [1.29, 1.82) is 0 Å². The molecule has 29 heavy (non-hydrogen) atoms. The molecule has 2 amide bonds. The zero-order chi connectivity index (χ0) is 20.4. The molecule has 0 aromatic heterocycles. The van der Waals surface area contributed by atoms with Crippen molar-refractivity contribution in [3.05, 3.63) is 58.8 Å². The highest BCUT2D eigenvalue weighted by molar-refractivity contribution is 5.90. The van der Waals surface area contributed by atoms with Crippen LogP contribution in [0.5, 0.6) is 0 Å². The molecule has 4 rings (SSSR count). The Morgan fingerprint density at radius 1 is 1.03 bits per heavy atom. The summed E-state index contributed by atoms with van der Waals surface area (Å²) in [4.78, 5) is 36.9. The molecule has 1 saturated heterocycles. The number of cyclic esters (lactones) is 1. The van der Waals surface area contributed by atoms with Gasteiger partial charge in [-0.2, -0.15) is 0 Å². The third-order valence-electron chi connectivity index (χ3n) is 5.01. The summed E-state index contributed by atoms with van der Waals surface area (Å²) < 4.78 is 5.30. The van der Waals surface area contributed by atoms with E-state index in [4.69, 9.17) is 4.74 Å². The van der Waals surface area contributed by atoms with Crippen LogP contribution in [0.15, 0.2) is 53.3 Å². The number of nitrogens with zero attached hydrogens (tertiary/aromatic N) is 1. The molecular weight excluding hydrogens is 370 g/mol. The number of hydrogen-bond acceptors (Lipinski definition) is 5. The van der Waals surface area contributed by atoms with Crippen molar-refractivity contribution in [3.8, 4) is 11.1 Å². The summed E-state index contributed by atoms with van der Waals surface area (Å²) in [6.45, 7) is 2.11. The predicted molar refractivity (Wildman–Crippen MR) is 111 cm³/mol. The highest BCUT2D eigenvalue weighted by Gasteiger charge is 2.32. The quantitative estimate of drug-likeness (QED) is 0.788. The molecule has 2 aromatic carbocycles. The molecule has 1 aliphatic carbocycles. The maximum Gasteiger partial charge on any atom is 0.414 e. The van der Waals surface area contributed by atoms with E-state index in [9.17, 15) is 14.4 Å². The van der Waals surface area contributed by atoms with Crippen molar-refractivity contribution in [2.24, 2.45) is 0 Å². The predicted octanol–water partition coefficient (Wildman–Crippen LogP) is 2.75. The van der Waals surface area contributed by atoms with Gasteiger partial charge in [0.1, 0.15) is 6.10 Å². The molecular formula is C22H23N3O4. The average Bonchev–Trinajstić information content (AvgIpc) is 3.48. The van der Waals surface area contributed by atoms with Crippen LogP contribution < -0.4 is 21.0 Å². The summed E-state index contributed by atoms with van der Waals surface area (Å²) in [5, 5.41) is 5.92. The van der Waals surface area contributed by atoms with Crippen molar-refractivity contribution >= 4 is 23.4 Å². The summed E-state index contributed by atoms with van der Waals surface area (Å²) in [6.07, 6.45) is 1.42. The van der Waals surface area contributed by atoms with Crippen LogP contribution >= 0.6 is 0 Å². The fraction of sp³-hybridized carbons (Fsp3) is 0.318. The number of carbonyl (C=O) groups excluding carboxylic acids is 2. The number of nitrogens with one attached hydrogen (secondary N) is 2. The van der Waals surface area contributed by atoms with Gasteiger partial charge in [-0.3, -0.25) is 14.5 Å². The molecule has 150 valence electrons. The summed E-state index contributed by atoms with van der Waals surface area (Å²) >= 11 is 0. The first-order valence-corrected chi connectivity index (χ1v) is 9.73. The smallest absolute Gasteiger partial charge is 0.414 e. The normalized spacial score (nSPS) is 18.3. The molecule has 1 aliphatic heterocycles. The highest BCUT2D eigenvalue weighted by atomic mass is 16.6. The zero-order valence-corrected chi connectivity index (χ0v) is 16.2. The number of amides is 2. The standard InChI is InChI=1S/C22H23N3O4/c1-14(26)23-12-19-13-25(22(28)29-19)18-8-2-15(3-9-18)16-4-10-20(21(27)11-5-16)24-17-6-7-17/h2-5,8-11,17,19H,6-7,12-13H2,1H3,(H,23,26)(H,24,27). The highest BCUT2D eigenvalue weighted by Crippen LogP contribution is 2.27. The molecule has 7 heteroatoms. The van der Waals surface area contributed by atoms with E-state index in [0.717, 1.165) is 29.7 Å². The Bertz CT molecular complexity index is 986. The molecule has 0 spiro atoms. The maximum absolute atomic E-state index is 12.2. The second-order valence-electron chi connectivity index (χ2n) is 7.42. The van der Waals surface area contributed by atoms with Crippen LogP contribution in [0.25, 0.3) is 11.1 Å². The summed E-state index contributed by atoms with van der Waals surface area (Å²) in [5.41, 5.74) is 3.20. The van der Waals surface area contributed by atoms with Gasteiger partial charge in [0.15, 0.2) is 0 Å². The van der Waals surface area contributed by atoms with E-state index in [1.54, 1.807) is 11.0 Å². The van der Waals surface area contributed by atoms with Crippen LogP contribution in [0.3, 0.4) is 0 Å². The fourth-order valence-corrected chi connectivity index (χ4v) is 3.26. The molecule has 1 heterocycles. The first kappa shape index (κ1) is 19.0. The van der Waals surface area contributed by atoms with Crippen LogP contribution in [0.2, 0.25) is 0 Å². The van der Waals surface area contributed by atoms with Gasteiger partial charge in [0.2, 0.25) is 11.3 Å². The maximum atomic E-state index is 12.2. The van der Waals surface area contributed by atoms with Crippen LogP contribution in [0, 0.1) is 0 Å². The summed E-state index contributed by atoms with van der Waals surface area (Å²) in [7, 11) is 0. The molecule has 2 fully saturated rings. The summed E-state index contributed by atoms with van der Waals surface area (Å²) in [6, 6.07) is 15.1. The van der Waals surface area contributed by atoms with Gasteiger partial charge in [0, 0.05) is 18.7 Å². The molecule has 0 radical (unpaired) electrons. The van der Waals surface area contributed by atoms with Crippen molar-refractivity contribution < 1.29 is 14.3 Å². The van der Waals surface area contributed by atoms with Crippen LogP contribution in [-0.4, -0.2) is 37.2 Å². The number of rotatable bonds is 6. The van der Waals surface area contributed by atoms with Gasteiger partial charge in [0.05, 0.1) is 18.8 Å². The van der Waals surface area contributed by atoms with E-state index in [-0.39, 0.29) is 17.4 Å². The van der Waals surface area contributed by atoms with Gasteiger partial charge in [-0.1, -0.05) is 24.3 Å². The Hall–Kier alpha value is -3.35. The first-order valence-electron chi connectivity index (χ1n) is 9.73. The van der Waals surface area contributed by atoms with Crippen LogP contribution in [0.4, 0.5) is 16.2 Å². The minimum atomic E-state index is -0.425. The second-order valence-corrected chi connectivity index (χ2v) is 7.42. The molecule has 1 unspecified atom stereocenters. The van der Waals surface area contributed by atoms with Gasteiger partial charge < -0.3 is 15.4 Å². The van der Waals surface area contributed by atoms with Crippen LogP contribution in [-0.2, 0) is 9.53 Å². The first-order chi connectivity index (χ1) is 14.0. The van der Waals surface area contributed by atoms with Gasteiger partial charge in [-0.25, -0.2) is 4.79 Å². The van der Waals surface area contributed by atoms with Crippen molar-refractivity contribution in [1.82, 2.24) is 5.32 Å². The van der Waals surface area contributed by atoms with Crippen molar-refractivity contribution in [3.63, 3.8) is 0 Å². The SMILES string of the molecule is CC(=O)NCC1CN(c2ccc(-c3ccc(NC4CC4)c(=O)cc3)cc2)C(=O)O1. The third-order valence-corrected chi connectivity index (χ3v) is 5.01. The van der Waals surface area contributed by atoms with Gasteiger partial charge in [0.25, 0.3) is 0 Å². The van der Waals surface area contributed by atoms with E-state index in [0.29, 0.717) is 24.8 Å². The van der Waals surface area contributed by atoms with Crippen molar-refractivity contribution in [2.45, 2.75) is 31.9 Å². The minimum absolute atomic E-state index is 0.0233. The molecule has 1 atom stereocenters. The number of ether oxygens (including phenoxy) is 1. The van der Waals surface area contributed by atoms with Crippen molar-refractivity contribution in [2.75, 3.05) is 23.3 Å². The summed E-state index contributed by atoms with van der Waals surface area (Å²) in [5.74, 6) is -0.156. The number of benzene rings is 1. The Morgan fingerprint density at radius 3 is 2.34 bits per heavy atom. The lowest BCUT2D eigenvalue weighted by molar-refractivity contribution is -0.119. The largest absolute Gasteiger partial charge is 0.442 e. The Morgan fingerprint density at radius 2 is 1.69 bits per heavy atom. The van der Waals surface area contributed by atoms with E-state index in [1.807, 2.05) is 42.5 Å². The topological polar surface area (TPSA) is 87.7 Å². The minimum Gasteiger partial charge on any atom is -0.442 e. The molecule has 1 saturated carbocycles. The number of hydrogen-bond donors (Lipinski definition) is 2. The average molecular weight is 393 g/mol. The lowest BCUT2D eigenvalue weighted by atomic mass is 10.1. The zero-order valence-electron chi connectivity index (χ0n) is 16.2.